The Morgan fingerprint density at radius 1 is 1.08 bits per heavy atom. The van der Waals surface area contributed by atoms with Crippen molar-refractivity contribution in [2.75, 3.05) is 30.9 Å². The van der Waals surface area contributed by atoms with Gasteiger partial charge in [-0.05, 0) is 37.6 Å². The minimum absolute atomic E-state index is 0.0186. The molecular formula is C17H20N4O3. The standard InChI is InChI=1S/C17H20N4O3/c1-12(22)13-4-6-15(7-5-13)21-16(23)14-10-19-17(20-11-14)18-8-3-9-24-2/h4-7,10-11H,3,8-9H2,1-2H3,(H,21,23)(H,18,19,20). The summed E-state index contributed by atoms with van der Waals surface area (Å²) in [5.74, 6) is 0.139. The fourth-order valence-corrected chi connectivity index (χ4v) is 1.94. The van der Waals surface area contributed by atoms with Gasteiger partial charge in [0.2, 0.25) is 5.95 Å². The first-order valence-corrected chi connectivity index (χ1v) is 7.57. The van der Waals surface area contributed by atoms with E-state index in [2.05, 4.69) is 20.6 Å². The molecule has 1 aromatic heterocycles. The molecule has 2 rings (SSSR count). The number of ketones is 1. The molecule has 0 bridgehead atoms. The SMILES string of the molecule is COCCCNc1ncc(C(=O)Nc2ccc(C(C)=O)cc2)cn1. The van der Waals surface area contributed by atoms with Crippen molar-refractivity contribution in [1.29, 1.82) is 0 Å². The summed E-state index contributed by atoms with van der Waals surface area (Å²) in [7, 11) is 1.65. The molecule has 0 saturated carbocycles. The summed E-state index contributed by atoms with van der Waals surface area (Å²) in [5, 5.41) is 5.78. The van der Waals surface area contributed by atoms with Crippen LogP contribution in [0.1, 0.15) is 34.1 Å². The summed E-state index contributed by atoms with van der Waals surface area (Å²) in [6.45, 7) is 2.85. The number of hydrogen-bond donors (Lipinski definition) is 2. The van der Waals surface area contributed by atoms with Crippen LogP contribution in [-0.2, 0) is 4.74 Å². The van der Waals surface area contributed by atoms with Gasteiger partial charge in [0.1, 0.15) is 0 Å². The third kappa shape index (κ3) is 5.13. The summed E-state index contributed by atoms with van der Waals surface area (Å²) in [4.78, 5) is 31.6. The van der Waals surface area contributed by atoms with Gasteiger partial charge in [-0.2, -0.15) is 0 Å². The molecule has 0 fully saturated rings. The number of hydrogen-bond acceptors (Lipinski definition) is 6. The fraction of sp³-hybridized carbons (Fsp3) is 0.294. The molecule has 0 unspecified atom stereocenters. The number of benzene rings is 1. The summed E-state index contributed by atoms with van der Waals surface area (Å²) < 4.78 is 4.95. The highest BCUT2D eigenvalue weighted by Gasteiger charge is 2.08. The summed E-state index contributed by atoms with van der Waals surface area (Å²) in [5.41, 5.74) is 1.56. The fourth-order valence-electron chi connectivity index (χ4n) is 1.94. The van der Waals surface area contributed by atoms with Gasteiger partial charge in [0.15, 0.2) is 5.78 Å². The molecule has 0 radical (unpaired) electrons. The van der Waals surface area contributed by atoms with Gasteiger partial charge in [0, 0.05) is 43.9 Å². The molecule has 7 nitrogen and oxygen atoms in total. The lowest BCUT2D eigenvalue weighted by Gasteiger charge is -2.07. The van der Waals surface area contributed by atoms with Crippen molar-refractivity contribution in [1.82, 2.24) is 9.97 Å². The van der Waals surface area contributed by atoms with Crippen LogP contribution < -0.4 is 10.6 Å². The average molecular weight is 328 g/mol. The molecule has 1 aromatic carbocycles. The van der Waals surface area contributed by atoms with Crippen LogP contribution >= 0.6 is 0 Å². The van der Waals surface area contributed by atoms with Crippen LogP contribution in [0, 0.1) is 0 Å². The van der Waals surface area contributed by atoms with Crippen LogP contribution in [-0.4, -0.2) is 41.9 Å². The number of amides is 1. The summed E-state index contributed by atoms with van der Waals surface area (Å²) in [6.07, 6.45) is 3.77. The highest BCUT2D eigenvalue weighted by molar-refractivity contribution is 6.04. The van der Waals surface area contributed by atoms with Gasteiger partial charge >= 0.3 is 0 Å². The second-order valence-electron chi connectivity index (χ2n) is 5.16. The van der Waals surface area contributed by atoms with Crippen LogP contribution in [0.5, 0.6) is 0 Å². The first kappa shape index (κ1) is 17.6. The van der Waals surface area contributed by atoms with Gasteiger partial charge in [-0.3, -0.25) is 9.59 Å². The minimum atomic E-state index is -0.309. The predicted molar refractivity (Wildman–Crippen MR) is 91.4 cm³/mol. The maximum atomic E-state index is 12.1. The van der Waals surface area contributed by atoms with E-state index in [1.54, 1.807) is 31.4 Å². The van der Waals surface area contributed by atoms with Crippen LogP contribution in [0.25, 0.3) is 0 Å². The molecule has 1 amide bonds. The van der Waals surface area contributed by atoms with Gasteiger partial charge in [-0.1, -0.05) is 0 Å². The number of ether oxygens (including phenoxy) is 1. The predicted octanol–water partition coefficient (Wildman–Crippen LogP) is 2.38. The molecule has 0 atom stereocenters. The number of Topliss-reactive ketones (excluding diaryl/α,β-unsaturated/α-hetero) is 1. The first-order chi connectivity index (χ1) is 11.6. The van der Waals surface area contributed by atoms with E-state index in [4.69, 9.17) is 4.74 Å². The number of nitrogens with zero attached hydrogens (tertiary/aromatic N) is 2. The average Bonchev–Trinajstić information content (AvgIpc) is 2.59. The molecule has 0 spiro atoms. The number of carbonyl (C=O) groups is 2. The Morgan fingerprint density at radius 3 is 2.33 bits per heavy atom. The van der Waals surface area contributed by atoms with E-state index in [9.17, 15) is 9.59 Å². The smallest absolute Gasteiger partial charge is 0.258 e. The highest BCUT2D eigenvalue weighted by atomic mass is 16.5. The van der Waals surface area contributed by atoms with Crippen molar-refractivity contribution in [3.8, 4) is 0 Å². The molecule has 0 aliphatic carbocycles. The quantitative estimate of drug-likeness (QED) is 0.571. The largest absolute Gasteiger partial charge is 0.385 e. The minimum Gasteiger partial charge on any atom is -0.385 e. The Hall–Kier alpha value is -2.80. The molecule has 126 valence electrons. The van der Waals surface area contributed by atoms with Crippen molar-refractivity contribution in [3.05, 3.63) is 47.8 Å². The molecule has 1 heterocycles. The van der Waals surface area contributed by atoms with Gasteiger partial charge in [-0.15, -0.1) is 0 Å². The molecule has 0 aliphatic heterocycles. The van der Waals surface area contributed by atoms with Crippen molar-refractivity contribution in [3.63, 3.8) is 0 Å². The number of anilines is 2. The Balaban J connectivity index is 1.91. The van der Waals surface area contributed by atoms with E-state index in [0.717, 1.165) is 6.42 Å². The third-order valence-corrected chi connectivity index (χ3v) is 3.27. The summed E-state index contributed by atoms with van der Waals surface area (Å²) >= 11 is 0. The third-order valence-electron chi connectivity index (χ3n) is 3.27. The monoisotopic (exact) mass is 328 g/mol. The van der Waals surface area contributed by atoms with E-state index < -0.39 is 0 Å². The van der Waals surface area contributed by atoms with E-state index in [1.807, 2.05) is 0 Å². The molecular weight excluding hydrogens is 308 g/mol. The Kier molecular flexibility index (Phi) is 6.39. The zero-order chi connectivity index (χ0) is 17.4. The lowest BCUT2D eigenvalue weighted by atomic mass is 10.1. The normalized spacial score (nSPS) is 10.2. The summed E-state index contributed by atoms with van der Waals surface area (Å²) in [6, 6.07) is 6.70. The lowest BCUT2D eigenvalue weighted by Crippen LogP contribution is -2.14. The number of methoxy groups -OCH3 is 1. The molecule has 0 saturated heterocycles. The number of rotatable bonds is 8. The molecule has 2 aromatic rings. The first-order valence-electron chi connectivity index (χ1n) is 7.57. The van der Waals surface area contributed by atoms with Crippen LogP contribution in [0.2, 0.25) is 0 Å². The molecule has 7 heteroatoms. The van der Waals surface area contributed by atoms with Crippen LogP contribution in [0.4, 0.5) is 11.6 Å². The second-order valence-corrected chi connectivity index (χ2v) is 5.16. The van der Waals surface area contributed by atoms with Crippen molar-refractivity contribution in [2.45, 2.75) is 13.3 Å². The number of nitrogens with one attached hydrogen (secondary N) is 2. The van der Waals surface area contributed by atoms with Crippen molar-refractivity contribution in [2.24, 2.45) is 0 Å². The molecule has 0 aliphatic rings. The molecule has 24 heavy (non-hydrogen) atoms. The second kappa shape index (κ2) is 8.73. The van der Waals surface area contributed by atoms with Gasteiger partial charge in [0.05, 0.1) is 5.56 Å². The Bertz CT molecular complexity index is 684. The van der Waals surface area contributed by atoms with Crippen molar-refractivity contribution >= 4 is 23.3 Å². The highest BCUT2D eigenvalue weighted by Crippen LogP contribution is 2.11. The van der Waals surface area contributed by atoms with Gasteiger partial charge < -0.3 is 15.4 Å². The van der Waals surface area contributed by atoms with E-state index >= 15 is 0 Å². The van der Waals surface area contributed by atoms with Crippen LogP contribution in [0.15, 0.2) is 36.7 Å². The zero-order valence-corrected chi connectivity index (χ0v) is 13.7. The Morgan fingerprint density at radius 2 is 1.75 bits per heavy atom. The van der Waals surface area contributed by atoms with E-state index in [0.29, 0.717) is 35.9 Å². The number of aromatic nitrogens is 2. The van der Waals surface area contributed by atoms with Gasteiger partial charge in [0.25, 0.3) is 5.91 Å². The van der Waals surface area contributed by atoms with Crippen molar-refractivity contribution < 1.29 is 14.3 Å². The lowest BCUT2D eigenvalue weighted by molar-refractivity contribution is 0.101. The maximum absolute atomic E-state index is 12.1. The molecule has 2 N–H and O–H groups in total. The van der Waals surface area contributed by atoms with Gasteiger partial charge in [-0.25, -0.2) is 9.97 Å². The van der Waals surface area contributed by atoms with E-state index in [-0.39, 0.29) is 11.7 Å². The maximum Gasteiger partial charge on any atom is 0.258 e. The Labute approximate surface area is 140 Å². The van der Waals surface area contributed by atoms with Crippen LogP contribution in [0.3, 0.4) is 0 Å². The topological polar surface area (TPSA) is 93.2 Å². The van der Waals surface area contributed by atoms with E-state index in [1.165, 1.54) is 19.3 Å². The zero-order valence-electron chi connectivity index (χ0n) is 13.7. The number of carbonyl (C=O) groups excluding carboxylic acids is 2.